The molecule has 2 aliphatic carbocycles. The molecule has 1 heterocycles. The van der Waals surface area contributed by atoms with Gasteiger partial charge in [0.15, 0.2) is 0 Å². The summed E-state index contributed by atoms with van der Waals surface area (Å²) in [5.74, 6) is 0.837. The van der Waals surface area contributed by atoms with E-state index in [1.807, 2.05) is 30.3 Å². The van der Waals surface area contributed by atoms with Crippen molar-refractivity contribution in [2.24, 2.45) is 5.92 Å². The molecule has 0 bridgehead atoms. The minimum atomic E-state index is 0.403. The van der Waals surface area contributed by atoms with E-state index in [9.17, 15) is 4.79 Å². The summed E-state index contributed by atoms with van der Waals surface area (Å²) in [4.78, 5) is 16.5. The van der Waals surface area contributed by atoms with Gasteiger partial charge in [0.05, 0.1) is 0 Å². The highest BCUT2D eigenvalue weighted by molar-refractivity contribution is 9.10. The van der Waals surface area contributed by atoms with E-state index in [1.54, 1.807) is 0 Å². The molecule has 22 heavy (non-hydrogen) atoms. The van der Waals surface area contributed by atoms with Gasteiger partial charge in [0.1, 0.15) is 0 Å². The fraction of sp³-hybridized carbons (Fsp3) is 0.611. The van der Waals surface area contributed by atoms with Crippen LogP contribution in [0.15, 0.2) is 34.8 Å². The van der Waals surface area contributed by atoms with Crippen molar-refractivity contribution in [2.45, 2.75) is 38.1 Å². The minimum Gasteiger partial charge on any atom is -0.340 e. The lowest BCUT2D eigenvalue weighted by Crippen LogP contribution is -2.53. The van der Waals surface area contributed by atoms with Crippen LogP contribution in [0.2, 0.25) is 0 Å². The van der Waals surface area contributed by atoms with Crippen molar-refractivity contribution in [2.75, 3.05) is 26.2 Å². The van der Waals surface area contributed by atoms with Gasteiger partial charge in [-0.1, -0.05) is 40.5 Å². The lowest BCUT2D eigenvalue weighted by atomic mass is 9.91. The molecule has 0 atom stereocenters. The Hall–Kier alpha value is -0.870. The molecule has 4 rings (SSSR count). The van der Waals surface area contributed by atoms with Crippen LogP contribution in [-0.2, 0) is 4.79 Å². The van der Waals surface area contributed by atoms with E-state index in [2.05, 4.69) is 25.7 Å². The molecule has 3 nitrogen and oxygen atoms in total. The largest absolute Gasteiger partial charge is 0.340 e. The van der Waals surface area contributed by atoms with E-state index >= 15 is 0 Å². The zero-order valence-corrected chi connectivity index (χ0v) is 14.7. The predicted molar refractivity (Wildman–Crippen MR) is 92.7 cm³/mol. The molecule has 0 aromatic heterocycles. The topological polar surface area (TPSA) is 23.6 Å². The van der Waals surface area contributed by atoms with Gasteiger partial charge < -0.3 is 4.90 Å². The SMILES string of the molecule is Brc1ccccc1.O=C(C1CC1)N1CCN(C2CCC2)CC1. The zero-order chi connectivity index (χ0) is 15.4. The molecule has 0 unspecified atom stereocenters. The number of rotatable bonds is 2. The van der Waals surface area contributed by atoms with Gasteiger partial charge >= 0.3 is 0 Å². The summed E-state index contributed by atoms with van der Waals surface area (Å²) in [7, 11) is 0. The van der Waals surface area contributed by atoms with Crippen molar-refractivity contribution in [1.82, 2.24) is 9.80 Å². The first-order valence-electron chi connectivity index (χ1n) is 8.47. The molecule has 120 valence electrons. The second kappa shape index (κ2) is 7.60. The normalized spacial score (nSPS) is 22.5. The monoisotopic (exact) mass is 364 g/mol. The number of nitrogens with zero attached hydrogens (tertiary/aromatic N) is 2. The molecule has 1 aromatic carbocycles. The molecule has 1 amide bonds. The lowest BCUT2D eigenvalue weighted by Gasteiger charge is -2.43. The van der Waals surface area contributed by atoms with Crippen LogP contribution in [0.4, 0.5) is 0 Å². The van der Waals surface area contributed by atoms with Crippen LogP contribution in [-0.4, -0.2) is 47.9 Å². The first-order chi connectivity index (χ1) is 10.7. The maximum atomic E-state index is 11.8. The third-order valence-electron chi connectivity index (χ3n) is 4.88. The maximum absolute atomic E-state index is 11.8. The second-order valence-electron chi connectivity index (χ2n) is 6.52. The van der Waals surface area contributed by atoms with Crippen molar-refractivity contribution in [3.05, 3.63) is 34.8 Å². The van der Waals surface area contributed by atoms with Crippen LogP contribution in [0.3, 0.4) is 0 Å². The average Bonchev–Trinajstić information content (AvgIpc) is 3.32. The Bertz CT molecular complexity index is 477. The van der Waals surface area contributed by atoms with Crippen molar-refractivity contribution in [1.29, 1.82) is 0 Å². The molecule has 1 aromatic rings. The maximum Gasteiger partial charge on any atom is 0.225 e. The fourth-order valence-electron chi connectivity index (χ4n) is 3.06. The number of amides is 1. The molecule has 1 saturated heterocycles. The Kier molecular flexibility index (Phi) is 5.53. The van der Waals surface area contributed by atoms with Gasteiger partial charge in [0, 0.05) is 42.6 Å². The molecule has 3 aliphatic rings. The van der Waals surface area contributed by atoms with E-state index in [-0.39, 0.29) is 0 Å². The highest BCUT2D eigenvalue weighted by Gasteiger charge is 2.36. The fourth-order valence-corrected chi connectivity index (χ4v) is 3.37. The van der Waals surface area contributed by atoms with Crippen molar-refractivity contribution >= 4 is 21.8 Å². The summed E-state index contributed by atoms with van der Waals surface area (Å²) in [5, 5.41) is 0. The highest BCUT2D eigenvalue weighted by Crippen LogP contribution is 2.32. The summed E-state index contributed by atoms with van der Waals surface area (Å²) < 4.78 is 1.13. The number of carbonyl (C=O) groups is 1. The third-order valence-corrected chi connectivity index (χ3v) is 5.41. The third kappa shape index (κ3) is 4.32. The first-order valence-corrected chi connectivity index (χ1v) is 9.27. The summed E-state index contributed by atoms with van der Waals surface area (Å²) in [6.07, 6.45) is 6.46. The predicted octanol–water partition coefficient (Wildman–Crippen LogP) is 3.54. The van der Waals surface area contributed by atoms with Crippen molar-refractivity contribution in [3.63, 3.8) is 0 Å². The molecular formula is C18H25BrN2O. The molecule has 0 radical (unpaired) electrons. The number of benzene rings is 1. The van der Waals surface area contributed by atoms with Crippen LogP contribution in [0.5, 0.6) is 0 Å². The van der Waals surface area contributed by atoms with Gasteiger partial charge in [0.25, 0.3) is 0 Å². The molecular weight excluding hydrogens is 340 g/mol. The lowest BCUT2D eigenvalue weighted by molar-refractivity contribution is -0.134. The summed E-state index contributed by atoms with van der Waals surface area (Å²) in [6, 6.07) is 10.8. The molecule has 4 heteroatoms. The Morgan fingerprint density at radius 3 is 2.00 bits per heavy atom. The zero-order valence-electron chi connectivity index (χ0n) is 13.1. The Morgan fingerprint density at radius 2 is 1.59 bits per heavy atom. The van der Waals surface area contributed by atoms with Gasteiger partial charge in [-0.05, 0) is 37.8 Å². The molecule has 3 fully saturated rings. The van der Waals surface area contributed by atoms with E-state index in [0.717, 1.165) is 49.5 Å². The van der Waals surface area contributed by atoms with E-state index in [1.165, 1.54) is 19.3 Å². The minimum absolute atomic E-state index is 0.403. The van der Waals surface area contributed by atoms with E-state index in [0.29, 0.717) is 11.8 Å². The van der Waals surface area contributed by atoms with Crippen LogP contribution in [0, 0.1) is 5.92 Å². The van der Waals surface area contributed by atoms with Gasteiger partial charge in [-0.3, -0.25) is 9.69 Å². The van der Waals surface area contributed by atoms with E-state index in [4.69, 9.17) is 0 Å². The summed E-state index contributed by atoms with van der Waals surface area (Å²) in [6.45, 7) is 4.18. The number of piperazine rings is 1. The number of hydrogen-bond acceptors (Lipinski definition) is 2. The summed E-state index contributed by atoms with van der Waals surface area (Å²) >= 11 is 3.31. The van der Waals surface area contributed by atoms with Gasteiger partial charge in [-0.25, -0.2) is 0 Å². The molecule has 2 saturated carbocycles. The van der Waals surface area contributed by atoms with Gasteiger partial charge in [-0.2, -0.15) is 0 Å². The first kappa shape index (κ1) is 16.0. The van der Waals surface area contributed by atoms with Gasteiger partial charge in [0.2, 0.25) is 5.91 Å². The molecule has 1 aliphatic heterocycles. The summed E-state index contributed by atoms with van der Waals surface area (Å²) in [5.41, 5.74) is 0. The highest BCUT2D eigenvalue weighted by atomic mass is 79.9. The van der Waals surface area contributed by atoms with Crippen molar-refractivity contribution < 1.29 is 4.79 Å². The number of halogens is 1. The average molecular weight is 365 g/mol. The van der Waals surface area contributed by atoms with E-state index < -0.39 is 0 Å². The molecule has 0 spiro atoms. The smallest absolute Gasteiger partial charge is 0.225 e. The van der Waals surface area contributed by atoms with Crippen LogP contribution in [0.25, 0.3) is 0 Å². The Balaban J connectivity index is 0.000000174. The van der Waals surface area contributed by atoms with Gasteiger partial charge in [-0.15, -0.1) is 0 Å². The molecule has 0 N–H and O–H groups in total. The number of hydrogen-bond donors (Lipinski definition) is 0. The standard InChI is InChI=1S/C12H20N2O.C6H5Br/c15-12(10-4-5-10)14-8-6-13(7-9-14)11-2-1-3-11;7-6-4-2-1-3-5-6/h10-11H,1-9H2;1-5H. The van der Waals surface area contributed by atoms with Crippen LogP contribution >= 0.6 is 15.9 Å². The van der Waals surface area contributed by atoms with Crippen LogP contribution in [0.1, 0.15) is 32.1 Å². The second-order valence-corrected chi connectivity index (χ2v) is 7.43. The number of carbonyl (C=O) groups excluding carboxylic acids is 1. The van der Waals surface area contributed by atoms with Crippen molar-refractivity contribution in [3.8, 4) is 0 Å². The quantitative estimate of drug-likeness (QED) is 0.800. The van der Waals surface area contributed by atoms with Crippen LogP contribution < -0.4 is 0 Å². The Labute approximate surface area is 141 Å². The Morgan fingerprint density at radius 1 is 0.955 bits per heavy atom.